The van der Waals surface area contributed by atoms with Crippen molar-refractivity contribution in [2.75, 3.05) is 18.5 Å². The molecule has 2 aromatic heterocycles. The highest BCUT2D eigenvalue weighted by Crippen LogP contribution is 2.39. The van der Waals surface area contributed by atoms with Gasteiger partial charge in [0.2, 0.25) is 0 Å². The largest absolute Gasteiger partial charge is 0.466 e. The molecule has 3 rings (SSSR count). The number of carbonyl (C=O) groups excluding carboxylic acids is 1. The van der Waals surface area contributed by atoms with Gasteiger partial charge < -0.3 is 15.0 Å². The number of aromatic amines is 1. The van der Waals surface area contributed by atoms with Gasteiger partial charge in [0.25, 0.3) is 5.56 Å². The maximum Gasteiger partial charge on any atom is 0.313 e. The zero-order valence-corrected chi connectivity index (χ0v) is 16.1. The minimum absolute atomic E-state index is 0.122. The summed E-state index contributed by atoms with van der Waals surface area (Å²) in [7, 11) is 0. The van der Waals surface area contributed by atoms with Gasteiger partial charge in [-0.2, -0.15) is 0 Å². The highest BCUT2D eigenvalue weighted by Gasteiger charge is 2.42. The number of hydrogen-bond acceptors (Lipinski definition) is 6. The molecule has 1 saturated carbocycles. The molecule has 0 aromatic carbocycles. The molecule has 0 bridgehead atoms. The Hall–Kier alpha value is -2.70. The Morgan fingerprint density at radius 3 is 2.63 bits per heavy atom. The zero-order valence-electron chi connectivity index (χ0n) is 16.1. The Kier molecular flexibility index (Phi) is 5.58. The van der Waals surface area contributed by atoms with E-state index in [1.807, 2.05) is 26.0 Å². The Morgan fingerprint density at radius 1 is 1.30 bits per heavy atom. The summed E-state index contributed by atoms with van der Waals surface area (Å²) in [6.45, 7) is 6.30. The SMILES string of the molecule is CCOC(=O)C1(CNc2ccc(-c3nc(C)c(C)c(=O)[nH]3)cn2)CCCC1. The van der Waals surface area contributed by atoms with Crippen molar-refractivity contribution < 1.29 is 9.53 Å². The molecular weight excluding hydrogens is 344 g/mol. The van der Waals surface area contributed by atoms with Crippen LogP contribution in [0.4, 0.5) is 5.82 Å². The molecule has 1 aliphatic rings. The normalized spacial score (nSPS) is 15.5. The van der Waals surface area contributed by atoms with Crippen molar-refractivity contribution in [2.24, 2.45) is 5.41 Å². The maximum absolute atomic E-state index is 12.4. The number of nitrogens with one attached hydrogen (secondary N) is 2. The van der Waals surface area contributed by atoms with Crippen LogP contribution in [0.3, 0.4) is 0 Å². The molecule has 7 nitrogen and oxygen atoms in total. The fraction of sp³-hybridized carbons (Fsp3) is 0.500. The maximum atomic E-state index is 12.4. The van der Waals surface area contributed by atoms with E-state index in [9.17, 15) is 9.59 Å². The van der Waals surface area contributed by atoms with Gasteiger partial charge >= 0.3 is 5.97 Å². The molecule has 1 fully saturated rings. The molecule has 144 valence electrons. The van der Waals surface area contributed by atoms with Crippen LogP contribution in [0.5, 0.6) is 0 Å². The summed E-state index contributed by atoms with van der Waals surface area (Å²) in [5.74, 6) is 1.06. The van der Waals surface area contributed by atoms with Gasteiger partial charge in [0.15, 0.2) is 0 Å². The van der Waals surface area contributed by atoms with Crippen molar-refractivity contribution in [3.63, 3.8) is 0 Å². The van der Waals surface area contributed by atoms with Gasteiger partial charge in [-0.1, -0.05) is 12.8 Å². The number of esters is 1. The molecule has 0 saturated heterocycles. The number of pyridine rings is 1. The number of aromatic nitrogens is 3. The number of hydrogen-bond donors (Lipinski definition) is 2. The first-order chi connectivity index (χ1) is 12.9. The average Bonchev–Trinajstić information content (AvgIpc) is 3.15. The lowest BCUT2D eigenvalue weighted by Gasteiger charge is -2.26. The summed E-state index contributed by atoms with van der Waals surface area (Å²) in [6.07, 6.45) is 5.42. The smallest absolute Gasteiger partial charge is 0.313 e. The lowest BCUT2D eigenvalue weighted by molar-refractivity contribution is -0.154. The molecule has 0 aliphatic heterocycles. The number of rotatable bonds is 6. The molecule has 2 heterocycles. The van der Waals surface area contributed by atoms with Gasteiger partial charge in [-0.3, -0.25) is 9.59 Å². The van der Waals surface area contributed by atoms with E-state index in [1.165, 1.54) is 0 Å². The Balaban J connectivity index is 1.72. The lowest BCUT2D eigenvalue weighted by Crippen LogP contribution is -2.37. The summed E-state index contributed by atoms with van der Waals surface area (Å²) in [5, 5.41) is 3.27. The van der Waals surface area contributed by atoms with Gasteiger partial charge in [-0.05, 0) is 45.7 Å². The van der Waals surface area contributed by atoms with E-state index in [0.29, 0.717) is 36.1 Å². The van der Waals surface area contributed by atoms with E-state index < -0.39 is 5.41 Å². The second-order valence-corrected chi connectivity index (χ2v) is 7.12. The van der Waals surface area contributed by atoms with Crippen molar-refractivity contribution in [3.8, 4) is 11.4 Å². The standard InChI is InChI=1S/C20H26N4O3/c1-4-27-19(26)20(9-5-6-10-20)12-22-16-8-7-15(11-21-16)17-23-14(3)13(2)18(25)24-17/h7-8,11H,4-6,9-10,12H2,1-3H3,(H,21,22)(H,23,24,25). The monoisotopic (exact) mass is 370 g/mol. The number of H-pyrrole nitrogens is 1. The molecule has 1 aliphatic carbocycles. The Labute approximate surface area is 158 Å². The average molecular weight is 370 g/mol. The highest BCUT2D eigenvalue weighted by atomic mass is 16.5. The number of nitrogens with zero attached hydrogens (tertiary/aromatic N) is 2. The fourth-order valence-electron chi connectivity index (χ4n) is 3.47. The van der Waals surface area contributed by atoms with Crippen LogP contribution in [0.25, 0.3) is 11.4 Å². The molecule has 0 spiro atoms. The molecule has 0 atom stereocenters. The fourth-order valence-corrected chi connectivity index (χ4v) is 3.47. The van der Waals surface area contributed by atoms with Crippen LogP contribution in [0.15, 0.2) is 23.1 Å². The second kappa shape index (κ2) is 7.90. The summed E-state index contributed by atoms with van der Waals surface area (Å²) in [6, 6.07) is 3.69. The van der Waals surface area contributed by atoms with Crippen molar-refractivity contribution in [1.82, 2.24) is 15.0 Å². The van der Waals surface area contributed by atoms with E-state index in [0.717, 1.165) is 31.2 Å². The third-order valence-corrected chi connectivity index (χ3v) is 5.31. The Morgan fingerprint density at radius 2 is 2.04 bits per heavy atom. The molecule has 2 N–H and O–H groups in total. The van der Waals surface area contributed by atoms with E-state index in [4.69, 9.17) is 4.74 Å². The number of carbonyl (C=O) groups is 1. The summed E-state index contributed by atoms with van der Waals surface area (Å²) in [5.41, 5.74) is 1.45. The zero-order chi connectivity index (χ0) is 19.4. The van der Waals surface area contributed by atoms with Crippen molar-refractivity contribution >= 4 is 11.8 Å². The van der Waals surface area contributed by atoms with Crippen LogP contribution in [0.2, 0.25) is 0 Å². The summed E-state index contributed by atoms with van der Waals surface area (Å²) >= 11 is 0. The minimum Gasteiger partial charge on any atom is -0.466 e. The van der Waals surface area contributed by atoms with E-state index >= 15 is 0 Å². The van der Waals surface area contributed by atoms with Gasteiger partial charge in [0, 0.05) is 29.6 Å². The topological polar surface area (TPSA) is 97.0 Å². The first-order valence-electron chi connectivity index (χ1n) is 9.40. The first kappa shape index (κ1) is 19.1. The van der Waals surface area contributed by atoms with Crippen molar-refractivity contribution in [1.29, 1.82) is 0 Å². The van der Waals surface area contributed by atoms with E-state index in [-0.39, 0.29) is 11.5 Å². The van der Waals surface area contributed by atoms with Crippen LogP contribution in [0, 0.1) is 19.3 Å². The number of aryl methyl sites for hydroxylation is 1. The van der Waals surface area contributed by atoms with Crippen LogP contribution < -0.4 is 10.9 Å². The van der Waals surface area contributed by atoms with Gasteiger partial charge in [0.1, 0.15) is 11.6 Å². The quantitative estimate of drug-likeness (QED) is 0.759. The molecule has 0 radical (unpaired) electrons. The molecule has 27 heavy (non-hydrogen) atoms. The molecule has 0 amide bonds. The van der Waals surface area contributed by atoms with Crippen LogP contribution >= 0.6 is 0 Å². The third kappa shape index (κ3) is 4.02. The lowest BCUT2D eigenvalue weighted by atomic mass is 9.86. The molecule has 0 unspecified atom stereocenters. The summed E-state index contributed by atoms with van der Waals surface area (Å²) in [4.78, 5) is 35.9. The number of anilines is 1. The summed E-state index contributed by atoms with van der Waals surface area (Å²) < 4.78 is 5.29. The van der Waals surface area contributed by atoms with Crippen LogP contribution in [-0.4, -0.2) is 34.1 Å². The van der Waals surface area contributed by atoms with Crippen molar-refractivity contribution in [3.05, 3.63) is 39.9 Å². The molecule has 7 heteroatoms. The predicted molar refractivity (Wildman–Crippen MR) is 104 cm³/mol. The minimum atomic E-state index is -0.461. The van der Waals surface area contributed by atoms with Gasteiger partial charge in [-0.25, -0.2) is 9.97 Å². The van der Waals surface area contributed by atoms with E-state index in [1.54, 1.807) is 13.1 Å². The molecule has 2 aromatic rings. The Bertz CT molecular complexity index is 868. The van der Waals surface area contributed by atoms with Crippen molar-refractivity contribution in [2.45, 2.75) is 46.5 Å². The van der Waals surface area contributed by atoms with E-state index in [2.05, 4.69) is 20.3 Å². The van der Waals surface area contributed by atoms with Gasteiger partial charge in [-0.15, -0.1) is 0 Å². The highest BCUT2D eigenvalue weighted by molar-refractivity contribution is 5.78. The van der Waals surface area contributed by atoms with Crippen LogP contribution in [-0.2, 0) is 9.53 Å². The first-order valence-corrected chi connectivity index (χ1v) is 9.40. The van der Waals surface area contributed by atoms with Gasteiger partial charge in [0.05, 0.1) is 12.0 Å². The predicted octanol–water partition coefficient (Wildman–Crippen LogP) is 2.98. The number of ether oxygens (including phenoxy) is 1. The second-order valence-electron chi connectivity index (χ2n) is 7.12. The van der Waals surface area contributed by atoms with Crippen LogP contribution in [0.1, 0.15) is 43.9 Å². The third-order valence-electron chi connectivity index (χ3n) is 5.31. The molecular formula is C20H26N4O3.